The standard InChI is InChI=1S/C13H16F4N2O/c1-18-7-9(2-4-19-5-3-10(14)8-19)11(6-12(18)20)13(15,16)17/h6-7,10H,2-5,8H2,1H3. The molecular formula is C13H16F4N2O. The SMILES string of the molecule is Cn1cc(CCN2CCC(F)C2)c(C(F)(F)F)cc1=O. The van der Waals surface area contributed by atoms with Crippen molar-refractivity contribution in [1.29, 1.82) is 0 Å². The minimum atomic E-state index is -4.55. The molecule has 0 bridgehead atoms. The number of aryl methyl sites for hydroxylation is 1. The first-order valence-corrected chi connectivity index (χ1v) is 6.40. The van der Waals surface area contributed by atoms with Gasteiger partial charge < -0.3 is 9.47 Å². The van der Waals surface area contributed by atoms with Gasteiger partial charge in [-0.1, -0.05) is 0 Å². The van der Waals surface area contributed by atoms with Crippen LogP contribution in [0.1, 0.15) is 17.5 Å². The van der Waals surface area contributed by atoms with Gasteiger partial charge in [0.25, 0.3) is 5.56 Å². The maximum atomic E-state index is 13.0. The molecule has 2 rings (SSSR count). The minimum Gasteiger partial charge on any atom is -0.318 e. The number of hydrogen-bond donors (Lipinski definition) is 0. The molecule has 20 heavy (non-hydrogen) atoms. The third kappa shape index (κ3) is 3.39. The van der Waals surface area contributed by atoms with Gasteiger partial charge in [0.2, 0.25) is 0 Å². The maximum absolute atomic E-state index is 13.0. The summed E-state index contributed by atoms with van der Waals surface area (Å²) in [6, 6.07) is 0.622. The van der Waals surface area contributed by atoms with Crippen LogP contribution in [0.3, 0.4) is 0 Å². The molecule has 1 saturated heterocycles. The van der Waals surface area contributed by atoms with E-state index in [1.807, 2.05) is 0 Å². The summed E-state index contributed by atoms with van der Waals surface area (Å²) >= 11 is 0. The first-order valence-electron chi connectivity index (χ1n) is 6.40. The fourth-order valence-electron chi connectivity index (χ4n) is 2.42. The lowest BCUT2D eigenvalue weighted by Gasteiger charge is -2.17. The normalized spacial score (nSPS) is 20.6. The third-order valence-corrected chi connectivity index (χ3v) is 3.53. The fourth-order valence-corrected chi connectivity index (χ4v) is 2.42. The van der Waals surface area contributed by atoms with E-state index < -0.39 is 23.5 Å². The number of likely N-dealkylation sites (tertiary alicyclic amines) is 1. The molecule has 0 N–H and O–H groups in total. The number of pyridine rings is 1. The monoisotopic (exact) mass is 292 g/mol. The summed E-state index contributed by atoms with van der Waals surface area (Å²) in [6.45, 7) is 1.20. The summed E-state index contributed by atoms with van der Waals surface area (Å²) in [5, 5.41) is 0. The van der Waals surface area contributed by atoms with Gasteiger partial charge in [-0.05, 0) is 18.4 Å². The Hall–Kier alpha value is -1.37. The van der Waals surface area contributed by atoms with Gasteiger partial charge in [-0.3, -0.25) is 4.79 Å². The van der Waals surface area contributed by atoms with E-state index in [1.54, 1.807) is 4.90 Å². The second kappa shape index (κ2) is 5.55. The molecule has 2 heterocycles. The van der Waals surface area contributed by atoms with Crippen molar-refractivity contribution in [3.63, 3.8) is 0 Å². The molecule has 1 atom stereocenters. The molecule has 1 fully saturated rings. The zero-order valence-corrected chi connectivity index (χ0v) is 11.1. The molecule has 0 aromatic carbocycles. The van der Waals surface area contributed by atoms with Crippen LogP contribution in [0.25, 0.3) is 0 Å². The van der Waals surface area contributed by atoms with Crippen LogP contribution in [0, 0.1) is 0 Å². The average Bonchev–Trinajstić information content (AvgIpc) is 2.75. The lowest BCUT2D eigenvalue weighted by atomic mass is 10.1. The predicted molar refractivity (Wildman–Crippen MR) is 66.3 cm³/mol. The molecule has 1 aromatic heterocycles. The first kappa shape index (κ1) is 15.0. The van der Waals surface area contributed by atoms with Crippen LogP contribution in [0.2, 0.25) is 0 Å². The topological polar surface area (TPSA) is 25.2 Å². The van der Waals surface area contributed by atoms with Crippen molar-refractivity contribution < 1.29 is 17.6 Å². The Balaban J connectivity index is 2.17. The molecule has 0 saturated carbocycles. The number of aromatic nitrogens is 1. The highest BCUT2D eigenvalue weighted by molar-refractivity contribution is 5.27. The van der Waals surface area contributed by atoms with Crippen molar-refractivity contribution in [2.75, 3.05) is 19.6 Å². The molecule has 3 nitrogen and oxygen atoms in total. The third-order valence-electron chi connectivity index (χ3n) is 3.53. The van der Waals surface area contributed by atoms with Gasteiger partial charge in [0.15, 0.2) is 0 Å². The van der Waals surface area contributed by atoms with Crippen molar-refractivity contribution >= 4 is 0 Å². The van der Waals surface area contributed by atoms with Gasteiger partial charge in [-0.25, -0.2) is 4.39 Å². The van der Waals surface area contributed by atoms with Gasteiger partial charge in [0.1, 0.15) is 6.17 Å². The van der Waals surface area contributed by atoms with E-state index in [4.69, 9.17) is 0 Å². The van der Waals surface area contributed by atoms with Crippen molar-refractivity contribution in [1.82, 2.24) is 9.47 Å². The highest BCUT2D eigenvalue weighted by atomic mass is 19.4. The molecule has 112 valence electrons. The van der Waals surface area contributed by atoms with Crippen molar-refractivity contribution in [3.8, 4) is 0 Å². The Morgan fingerprint density at radius 3 is 2.65 bits per heavy atom. The fraction of sp³-hybridized carbons (Fsp3) is 0.615. The van der Waals surface area contributed by atoms with Crippen molar-refractivity contribution in [3.05, 3.63) is 33.7 Å². The van der Waals surface area contributed by atoms with E-state index in [0.717, 1.165) is 4.57 Å². The Labute approximate surface area is 113 Å². The van der Waals surface area contributed by atoms with E-state index in [1.165, 1.54) is 13.2 Å². The number of hydrogen-bond acceptors (Lipinski definition) is 2. The number of nitrogens with zero attached hydrogens (tertiary/aromatic N) is 2. The van der Waals surface area contributed by atoms with Crippen LogP contribution in [0.5, 0.6) is 0 Å². The molecule has 1 aliphatic heterocycles. The molecule has 1 aromatic rings. The van der Waals surface area contributed by atoms with E-state index >= 15 is 0 Å². The summed E-state index contributed by atoms with van der Waals surface area (Å²) in [7, 11) is 1.42. The molecule has 0 radical (unpaired) electrons. The van der Waals surface area contributed by atoms with Gasteiger partial charge in [-0.15, -0.1) is 0 Å². The van der Waals surface area contributed by atoms with E-state index in [0.29, 0.717) is 25.6 Å². The smallest absolute Gasteiger partial charge is 0.318 e. The van der Waals surface area contributed by atoms with Gasteiger partial charge in [0, 0.05) is 38.9 Å². The predicted octanol–water partition coefficient (Wildman–Crippen LogP) is 1.99. The lowest BCUT2D eigenvalue weighted by Crippen LogP contribution is -2.26. The summed E-state index contributed by atoms with van der Waals surface area (Å²) in [4.78, 5) is 13.1. The second-order valence-corrected chi connectivity index (χ2v) is 5.10. The van der Waals surface area contributed by atoms with Crippen LogP contribution < -0.4 is 5.56 Å². The molecule has 7 heteroatoms. The second-order valence-electron chi connectivity index (χ2n) is 5.10. The van der Waals surface area contributed by atoms with E-state index in [9.17, 15) is 22.4 Å². The Morgan fingerprint density at radius 2 is 2.10 bits per heavy atom. The highest BCUT2D eigenvalue weighted by Gasteiger charge is 2.34. The molecule has 1 unspecified atom stereocenters. The van der Waals surface area contributed by atoms with Gasteiger partial charge in [0.05, 0.1) is 5.56 Å². The summed E-state index contributed by atoms with van der Waals surface area (Å²) in [6.07, 6.45) is -3.64. The summed E-state index contributed by atoms with van der Waals surface area (Å²) in [5.41, 5.74) is -1.51. The Morgan fingerprint density at radius 1 is 1.40 bits per heavy atom. The maximum Gasteiger partial charge on any atom is 0.416 e. The molecule has 0 aliphatic carbocycles. The van der Waals surface area contributed by atoms with Crippen LogP contribution >= 0.6 is 0 Å². The zero-order valence-electron chi connectivity index (χ0n) is 11.1. The largest absolute Gasteiger partial charge is 0.416 e. The van der Waals surface area contributed by atoms with Crippen LogP contribution in [0.15, 0.2) is 17.1 Å². The number of rotatable bonds is 3. The summed E-state index contributed by atoms with van der Waals surface area (Å²) in [5.74, 6) is 0. The quantitative estimate of drug-likeness (QED) is 0.796. The molecule has 0 amide bonds. The van der Waals surface area contributed by atoms with Crippen molar-refractivity contribution in [2.45, 2.75) is 25.2 Å². The molecule has 1 aliphatic rings. The highest BCUT2D eigenvalue weighted by Crippen LogP contribution is 2.31. The average molecular weight is 292 g/mol. The molecule has 0 spiro atoms. The van der Waals surface area contributed by atoms with Crippen molar-refractivity contribution in [2.24, 2.45) is 7.05 Å². The number of halogens is 4. The first-order chi connectivity index (χ1) is 9.27. The Kier molecular flexibility index (Phi) is 4.17. The van der Waals surface area contributed by atoms with Crippen LogP contribution in [-0.2, 0) is 19.6 Å². The lowest BCUT2D eigenvalue weighted by molar-refractivity contribution is -0.138. The van der Waals surface area contributed by atoms with Crippen LogP contribution in [-0.4, -0.2) is 35.3 Å². The van der Waals surface area contributed by atoms with E-state index in [2.05, 4.69) is 0 Å². The van der Waals surface area contributed by atoms with E-state index in [-0.39, 0.29) is 18.5 Å². The Bertz CT molecular complexity index is 538. The number of alkyl halides is 4. The zero-order chi connectivity index (χ0) is 14.9. The van der Waals surface area contributed by atoms with Crippen LogP contribution in [0.4, 0.5) is 17.6 Å². The van der Waals surface area contributed by atoms with Gasteiger partial charge in [-0.2, -0.15) is 13.2 Å². The van der Waals surface area contributed by atoms with Gasteiger partial charge >= 0.3 is 6.18 Å². The molecular weight excluding hydrogens is 276 g/mol. The minimum absolute atomic E-state index is 0.0712. The summed E-state index contributed by atoms with van der Waals surface area (Å²) < 4.78 is 52.9.